The van der Waals surface area contributed by atoms with Crippen LogP contribution < -0.4 is 16.0 Å². The third-order valence-electron chi connectivity index (χ3n) is 5.39. The number of benzene rings is 1. The minimum Gasteiger partial charge on any atom is -0.346 e. The van der Waals surface area contributed by atoms with Crippen LogP contribution >= 0.6 is 0 Å². The van der Waals surface area contributed by atoms with Gasteiger partial charge in [0, 0.05) is 24.7 Å². The molecular weight excluding hydrogens is 344 g/mol. The Balaban J connectivity index is 1.36. The Labute approximate surface area is 157 Å². The van der Waals surface area contributed by atoms with Crippen LogP contribution in [-0.2, 0) is 4.79 Å². The SMILES string of the molecule is NC1CCC(n2cc(C(=O)N[C@H]3CC(=O)N(c4ccccc4)C3)nn2)CC1. The first-order chi connectivity index (χ1) is 13.1. The van der Waals surface area contributed by atoms with Gasteiger partial charge in [0.05, 0.1) is 18.3 Å². The summed E-state index contributed by atoms with van der Waals surface area (Å²) in [5.74, 6) is -0.282. The molecule has 1 aliphatic heterocycles. The molecule has 3 N–H and O–H groups in total. The molecule has 1 aromatic heterocycles. The Kier molecular flexibility index (Phi) is 4.89. The van der Waals surface area contributed by atoms with Gasteiger partial charge in [-0.3, -0.25) is 9.59 Å². The van der Waals surface area contributed by atoms with Crippen LogP contribution in [0, 0.1) is 0 Å². The lowest BCUT2D eigenvalue weighted by molar-refractivity contribution is -0.117. The van der Waals surface area contributed by atoms with Crippen molar-refractivity contribution in [1.29, 1.82) is 0 Å². The largest absolute Gasteiger partial charge is 0.346 e. The van der Waals surface area contributed by atoms with Gasteiger partial charge in [-0.15, -0.1) is 5.10 Å². The quantitative estimate of drug-likeness (QED) is 0.845. The summed E-state index contributed by atoms with van der Waals surface area (Å²) in [6.07, 6.45) is 5.82. The van der Waals surface area contributed by atoms with Gasteiger partial charge >= 0.3 is 0 Å². The molecule has 2 fully saturated rings. The number of aromatic nitrogens is 3. The normalized spacial score (nSPS) is 25.6. The monoisotopic (exact) mass is 368 g/mol. The third-order valence-corrected chi connectivity index (χ3v) is 5.39. The molecule has 1 atom stereocenters. The second-order valence-corrected chi connectivity index (χ2v) is 7.37. The maximum absolute atomic E-state index is 12.5. The molecule has 0 bridgehead atoms. The molecule has 27 heavy (non-hydrogen) atoms. The summed E-state index contributed by atoms with van der Waals surface area (Å²) in [7, 11) is 0. The van der Waals surface area contributed by atoms with Gasteiger partial charge in [-0.2, -0.15) is 0 Å². The molecule has 0 unspecified atom stereocenters. The number of amides is 2. The number of nitrogens with two attached hydrogens (primary N) is 1. The number of anilines is 1. The summed E-state index contributed by atoms with van der Waals surface area (Å²) in [4.78, 5) is 26.5. The molecule has 8 heteroatoms. The van der Waals surface area contributed by atoms with Crippen molar-refractivity contribution < 1.29 is 9.59 Å². The Bertz CT molecular complexity index is 813. The van der Waals surface area contributed by atoms with Crippen LogP contribution in [0.15, 0.2) is 36.5 Å². The van der Waals surface area contributed by atoms with E-state index in [9.17, 15) is 9.59 Å². The summed E-state index contributed by atoms with van der Waals surface area (Å²) in [5, 5.41) is 11.1. The predicted octanol–water partition coefficient (Wildman–Crippen LogP) is 1.26. The lowest BCUT2D eigenvalue weighted by Crippen LogP contribution is -2.37. The number of hydrogen-bond donors (Lipinski definition) is 2. The first kappa shape index (κ1) is 17.7. The van der Waals surface area contributed by atoms with E-state index in [2.05, 4.69) is 15.6 Å². The van der Waals surface area contributed by atoms with Crippen LogP contribution in [0.5, 0.6) is 0 Å². The van der Waals surface area contributed by atoms with Gasteiger partial charge < -0.3 is 16.0 Å². The topological polar surface area (TPSA) is 106 Å². The second kappa shape index (κ2) is 7.48. The average molecular weight is 368 g/mol. The molecule has 1 aromatic carbocycles. The van der Waals surface area contributed by atoms with Crippen molar-refractivity contribution in [2.45, 2.75) is 50.2 Å². The molecule has 0 radical (unpaired) electrons. The molecule has 2 aliphatic rings. The highest BCUT2D eigenvalue weighted by atomic mass is 16.2. The fourth-order valence-corrected chi connectivity index (χ4v) is 3.85. The summed E-state index contributed by atoms with van der Waals surface area (Å²) in [5.41, 5.74) is 7.08. The zero-order valence-corrected chi connectivity index (χ0v) is 15.1. The fraction of sp³-hybridized carbons (Fsp3) is 0.474. The van der Waals surface area contributed by atoms with Crippen LogP contribution in [0.3, 0.4) is 0 Å². The van der Waals surface area contributed by atoms with Gasteiger partial charge in [-0.1, -0.05) is 23.4 Å². The van der Waals surface area contributed by atoms with Crippen molar-refractivity contribution in [1.82, 2.24) is 20.3 Å². The van der Waals surface area contributed by atoms with Crippen LogP contribution in [0.1, 0.15) is 48.6 Å². The Morgan fingerprint density at radius 1 is 1.15 bits per heavy atom. The number of carbonyl (C=O) groups is 2. The van der Waals surface area contributed by atoms with E-state index >= 15 is 0 Å². The predicted molar refractivity (Wildman–Crippen MR) is 100 cm³/mol. The minimum absolute atomic E-state index is 0.00805. The standard InChI is InChI=1S/C19H24N6O2/c20-13-6-8-16(9-7-13)25-12-17(22-23-25)19(27)21-14-10-18(26)24(11-14)15-4-2-1-3-5-15/h1-5,12-14,16H,6-11,20H2,(H,21,27)/t13?,14-,16?/m0/s1. The zero-order chi connectivity index (χ0) is 18.8. The van der Waals surface area contributed by atoms with Crippen LogP contribution in [0.2, 0.25) is 0 Å². The number of para-hydroxylation sites is 1. The molecule has 2 aromatic rings. The van der Waals surface area contributed by atoms with E-state index in [0.717, 1.165) is 31.4 Å². The van der Waals surface area contributed by atoms with Crippen molar-refractivity contribution in [3.05, 3.63) is 42.2 Å². The summed E-state index contributed by atoms with van der Waals surface area (Å²) < 4.78 is 1.77. The lowest BCUT2D eigenvalue weighted by atomic mass is 9.92. The van der Waals surface area contributed by atoms with Gasteiger partial charge in [0.2, 0.25) is 5.91 Å². The van der Waals surface area contributed by atoms with Crippen molar-refractivity contribution in [3.8, 4) is 0 Å². The van der Waals surface area contributed by atoms with Crippen LogP contribution in [0.25, 0.3) is 0 Å². The van der Waals surface area contributed by atoms with E-state index in [1.54, 1.807) is 15.8 Å². The van der Waals surface area contributed by atoms with Gasteiger partial charge in [-0.25, -0.2) is 4.68 Å². The molecule has 2 heterocycles. The van der Waals surface area contributed by atoms with Crippen molar-refractivity contribution in [2.24, 2.45) is 5.73 Å². The maximum atomic E-state index is 12.5. The number of hydrogen-bond acceptors (Lipinski definition) is 5. The first-order valence-corrected chi connectivity index (χ1v) is 9.44. The molecule has 142 valence electrons. The number of carbonyl (C=O) groups excluding carboxylic acids is 2. The fourth-order valence-electron chi connectivity index (χ4n) is 3.85. The van der Waals surface area contributed by atoms with Crippen LogP contribution in [-0.4, -0.2) is 45.4 Å². The van der Waals surface area contributed by atoms with Gasteiger partial charge in [0.15, 0.2) is 5.69 Å². The molecule has 1 saturated heterocycles. The molecular formula is C19H24N6O2. The van der Waals surface area contributed by atoms with E-state index in [1.165, 1.54) is 0 Å². The van der Waals surface area contributed by atoms with Gasteiger partial charge in [0.25, 0.3) is 5.91 Å². The van der Waals surface area contributed by atoms with E-state index in [-0.39, 0.29) is 42.1 Å². The van der Waals surface area contributed by atoms with Crippen molar-refractivity contribution in [2.75, 3.05) is 11.4 Å². The summed E-state index contributed by atoms with van der Waals surface area (Å²) in [6, 6.07) is 9.76. The summed E-state index contributed by atoms with van der Waals surface area (Å²) >= 11 is 0. The first-order valence-electron chi connectivity index (χ1n) is 9.44. The second-order valence-electron chi connectivity index (χ2n) is 7.37. The maximum Gasteiger partial charge on any atom is 0.273 e. The lowest BCUT2D eigenvalue weighted by Gasteiger charge is -2.25. The van der Waals surface area contributed by atoms with E-state index < -0.39 is 0 Å². The highest BCUT2D eigenvalue weighted by Gasteiger charge is 2.32. The summed E-state index contributed by atoms with van der Waals surface area (Å²) in [6.45, 7) is 0.462. The average Bonchev–Trinajstić information content (AvgIpc) is 3.30. The number of nitrogens with one attached hydrogen (secondary N) is 1. The molecule has 8 nitrogen and oxygen atoms in total. The third kappa shape index (κ3) is 3.85. The number of nitrogens with zero attached hydrogens (tertiary/aromatic N) is 4. The molecule has 1 saturated carbocycles. The zero-order valence-electron chi connectivity index (χ0n) is 15.1. The Hall–Kier alpha value is -2.74. The Morgan fingerprint density at radius 2 is 1.89 bits per heavy atom. The molecule has 4 rings (SSSR count). The van der Waals surface area contributed by atoms with Gasteiger partial charge in [-0.05, 0) is 37.8 Å². The highest BCUT2D eigenvalue weighted by Crippen LogP contribution is 2.27. The van der Waals surface area contributed by atoms with E-state index in [0.29, 0.717) is 6.54 Å². The van der Waals surface area contributed by atoms with Crippen molar-refractivity contribution >= 4 is 17.5 Å². The van der Waals surface area contributed by atoms with E-state index in [1.807, 2.05) is 30.3 Å². The molecule has 0 spiro atoms. The number of rotatable bonds is 4. The van der Waals surface area contributed by atoms with Crippen molar-refractivity contribution in [3.63, 3.8) is 0 Å². The smallest absolute Gasteiger partial charge is 0.273 e. The molecule has 1 aliphatic carbocycles. The highest BCUT2D eigenvalue weighted by molar-refractivity contribution is 5.98. The minimum atomic E-state index is -0.290. The Morgan fingerprint density at radius 3 is 2.63 bits per heavy atom. The van der Waals surface area contributed by atoms with E-state index in [4.69, 9.17) is 5.73 Å². The van der Waals surface area contributed by atoms with Gasteiger partial charge in [0.1, 0.15) is 0 Å². The molecule has 2 amide bonds. The van der Waals surface area contributed by atoms with Crippen LogP contribution in [0.4, 0.5) is 5.69 Å².